The van der Waals surface area contributed by atoms with E-state index >= 15 is 0 Å². The average Bonchev–Trinajstić information content (AvgIpc) is 2.42. The number of hydrogen-bond donors (Lipinski definition) is 2. The lowest BCUT2D eigenvalue weighted by atomic mass is 10.1. The second kappa shape index (κ2) is 5.67. The number of nitrogens with two attached hydrogens (primary N) is 1. The van der Waals surface area contributed by atoms with E-state index < -0.39 is 5.91 Å². The maximum atomic E-state index is 11.1. The number of carbonyl (C=O) groups is 1. The molecular weight excluding hydrogens is 264 g/mol. The Morgan fingerprint density at radius 2 is 2.21 bits per heavy atom. The van der Waals surface area contributed by atoms with E-state index in [9.17, 15) is 4.79 Å². The van der Waals surface area contributed by atoms with Crippen LogP contribution < -0.4 is 11.1 Å². The molecule has 3 N–H and O–H groups in total. The Labute approximate surface area is 115 Å². The van der Waals surface area contributed by atoms with Crippen LogP contribution in [0.4, 0.5) is 5.69 Å². The molecule has 0 bridgehead atoms. The van der Waals surface area contributed by atoms with Crippen LogP contribution in [0.3, 0.4) is 0 Å². The van der Waals surface area contributed by atoms with Crippen LogP contribution in [0.15, 0.2) is 36.8 Å². The summed E-state index contributed by atoms with van der Waals surface area (Å²) in [6.45, 7) is 1.93. The molecule has 1 amide bonds. The molecule has 0 aliphatic heterocycles. The SMILES string of the molecule is CC(Nc1cc(C(N)=O)ccc1Cl)c1cnccn1. The molecule has 0 spiro atoms. The molecule has 6 heteroatoms. The molecule has 2 aromatic rings. The van der Waals surface area contributed by atoms with Gasteiger partial charge in [0.25, 0.3) is 0 Å². The smallest absolute Gasteiger partial charge is 0.248 e. The van der Waals surface area contributed by atoms with Crippen molar-refractivity contribution in [3.8, 4) is 0 Å². The van der Waals surface area contributed by atoms with E-state index in [-0.39, 0.29) is 6.04 Å². The number of nitrogens with zero attached hydrogens (tertiary/aromatic N) is 2. The first-order valence-corrected chi connectivity index (χ1v) is 6.07. The Morgan fingerprint density at radius 3 is 2.84 bits per heavy atom. The van der Waals surface area contributed by atoms with Gasteiger partial charge in [-0.3, -0.25) is 14.8 Å². The van der Waals surface area contributed by atoms with E-state index in [0.29, 0.717) is 16.3 Å². The predicted octanol–water partition coefficient (Wildman–Crippen LogP) is 2.40. The van der Waals surface area contributed by atoms with Gasteiger partial charge in [-0.1, -0.05) is 11.6 Å². The Morgan fingerprint density at radius 1 is 1.42 bits per heavy atom. The van der Waals surface area contributed by atoms with Crippen molar-refractivity contribution in [1.29, 1.82) is 0 Å². The Kier molecular flexibility index (Phi) is 3.97. The van der Waals surface area contributed by atoms with Crippen LogP contribution in [-0.2, 0) is 0 Å². The highest BCUT2D eigenvalue weighted by Crippen LogP contribution is 2.26. The Bertz CT molecular complexity index is 588. The molecule has 0 aliphatic carbocycles. The molecule has 1 atom stereocenters. The summed E-state index contributed by atoms with van der Waals surface area (Å²) in [7, 11) is 0. The quantitative estimate of drug-likeness (QED) is 0.898. The van der Waals surface area contributed by atoms with Gasteiger partial charge in [0.05, 0.1) is 28.6 Å². The second-order valence-electron chi connectivity index (χ2n) is 4.06. The third-order valence-electron chi connectivity index (χ3n) is 2.65. The van der Waals surface area contributed by atoms with Gasteiger partial charge >= 0.3 is 0 Å². The summed E-state index contributed by atoms with van der Waals surface area (Å²) in [6.07, 6.45) is 4.90. The maximum absolute atomic E-state index is 11.1. The monoisotopic (exact) mass is 276 g/mol. The highest BCUT2D eigenvalue weighted by Gasteiger charge is 2.11. The lowest BCUT2D eigenvalue weighted by Crippen LogP contribution is -2.13. The van der Waals surface area contributed by atoms with E-state index in [2.05, 4.69) is 15.3 Å². The molecule has 5 nitrogen and oxygen atoms in total. The number of hydrogen-bond acceptors (Lipinski definition) is 4. The summed E-state index contributed by atoms with van der Waals surface area (Å²) in [5, 5.41) is 3.69. The summed E-state index contributed by atoms with van der Waals surface area (Å²) in [4.78, 5) is 19.4. The summed E-state index contributed by atoms with van der Waals surface area (Å²) >= 11 is 6.08. The van der Waals surface area contributed by atoms with E-state index in [4.69, 9.17) is 17.3 Å². The summed E-state index contributed by atoms with van der Waals surface area (Å²) in [5.41, 5.74) is 7.06. The highest BCUT2D eigenvalue weighted by molar-refractivity contribution is 6.33. The first-order chi connectivity index (χ1) is 9.08. The van der Waals surface area contributed by atoms with E-state index in [0.717, 1.165) is 5.69 Å². The minimum absolute atomic E-state index is 0.0886. The molecule has 1 unspecified atom stereocenters. The minimum Gasteiger partial charge on any atom is -0.376 e. The molecule has 1 heterocycles. The molecule has 19 heavy (non-hydrogen) atoms. The maximum Gasteiger partial charge on any atom is 0.248 e. The standard InChI is InChI=1S/C13H13ClN4O/c1-8(12-7-16-4-5-17-12)18-11-6-9(13(15)19)2-3-10(11)14/h2-8,18H,1H3,(H2,15,19). The number of halogens is 1. The molecule has 0 fully saturated rings. The van der Waals surface area contributed by atoms with Gasteiger partial charge < -0.3 is 11.1 Å². The third-order valence-corrected chi connectivity index (χ3v) is 2.98. The number of carbonyl (C=O) groups excluding carboxylic acids is 1. The van der Waals surface area contributed by atoms with Crippen LogP contribution in [0.5, 0.6) is 0 Å². The van der Waals surface area contributed by atoms with Gasteiger partial charge in [0.1, 0.15) is 0 Å². The number of amides is 1. The van der Waals surface area contributed by atoms with E-state index in [1.54, 1.807) is 36.8 Å². The summed E-state index contributed by atoms with van der Waals surface area (Å²) in [5.74, 6) is -0.494. The van der Waals surface area contributed by atoms with Gasteiger partial charge in [-0.15, -0.1) is 0 Å². The number of benzene rings is 1. The van der Waals surface area contributed by atoms with Gasteiger partial charge in [0.15, 0.2) is 0 Å². The lowest BCUT2D eigenvalue weighted by molar-refractivity contribution is 0.100. The van der Waals surface area contributed by atoms with Crippen molar-refractivity contribution in [3.05, 3.63) is 53.1 Å². The zero-order valence-electron chi connectivity index (χ0n) is 10.3. The van der Waals surface area contributed by atoms with Crippen LogP contribution >= 0.6 is 11.6 Å². The first kappa shape index (κ1) is 13.3. The van der Waals surface area contributed by atoms with Crippen molar-refractivity contribution >= 4 is 23.2 Å². The first-order valence-electron chi connectivity index (χ1n) is 5.69. The van der Waals surface area contributed by atoms with Crippen molar-refractivity contribution in [2.24, 2.45) is 5.73 Å². The number of nitrogens with one attached hydrogen (secondary N) is 1. The fourth-order valence-corrected chi connectivity index (χ4v) is 1.80. The Balaban J connectivity index is 2.23. The van der Waals surface area contributed by atoms with Crippen LogP contribution in [0.25, 0.3) is 0 Å². The molecular formula is C13H13ClN4O. The third kappa shape index (κ3) is 3.20. The van der Waals surface area contributed by atoms with Gasteiger partial charge in [-0.25, -0.2) is 0 Å². The molecule has 0 saturated heterocycles. The van der Waals surface area contributed by atoms with Gasteiger partial charge in [0.2, 0.25) is 5.91 Å². The zero-order valence-corrected chi connectivity index (χ0v) is 11.1. The largest absolute Gasteiger partial charge is 0.376 e. The fourth-order valence-electron chi connectivity index (χ4n) is 1.63. The minimum atomic E-state index is -0.494. The van der Waals surface area contributed by atoms with Crippen LogP contribution in [0, 0.1) is 0 Å². The second-order valence-corrected chi connectivity index (χ2v) is 4.46. The molecule has 1 aromatic heterocycles. The molecule has 98 valence electrons. The van der Waals surface area contributed by atoms with Crippen LogP contribution in [-0.4, -0.2) is 15.9 Å². The van der Waals surface area contributed by atoms with Crippen molar-refractivity contribution in [1.82, 2.24) is 9.97 Å². The molecule has 0 radical (unpaired) electrons. The molecule has 1 aromatic carbocycles. The van der Waals surface area contributed by atoms with E-state index in [1.165, 1.54) is 0 Å². The van der Waals surface area contributed by atoms with E-state index in [1.807, 2.05) is 6.92 Å². The lowest BCUT2D eigenvalue weighted by Gasteiger charge is -2.16. The Hall–Kier alpha value is -2.14. The highest BCUT2D eigenvalue weighted by atomic mass is 35.5. The fraction of sp³-hybridized carbons (Fsp3) is 0.154. The summed E-state index contributed by atoms with van der Waals surface area (Å²) in [6, 6.07) is 4.75. The molecule has 0 aliphatic rings. The zero-order chi connectivity index (χ0) is 13.8. The summed E-state index contributed by atoms with van der Waals surface area (Å²) < 4.78 is 0. The van der Waals surface area contributed by atoms with Crippen LogP contribution in [0.2, 0.25) is 5.02 Å². The number of primary amides is 1. The van der Waals surface area contributed by atoms with Gasteiger partial charge in [0, 0.05) is 18.0 Å². The number of anilines is 1. The van der Waals surface area contributed by atoms with Crippen molar-refractivity contribution in [2.75, 3.05) is 5.32 Å². The molecule has 0 saturated carbocycles. The number of rotatable bonds is 4. The van der Waals surface area contributed by atoms with Crippen LogP contribution in [0.1, 0.15) is 29.0 Å². The van der Waals surface area contributed by atoms with Gasteiger partial charge in [-0.2, -0.15) is 0 Å². The van der Waals surface area contributed by atoms with Crippen molar-refractivity contribution in [3.63, 3.8) is 0 Å². The molecule has 2 rings (SSSR count). The predicted molar refractivity (Wildman–Crippen MR) is 74.0 cm³/mol. The van der Waals surface area contributed by atoms with Gasteiger partial charge in [-0.05, 0) is 25.1 Å². The normalized spacial score (nSPS) is 11.9. The topological polar surface area (TPSA) is 80.9 Å². The van der Waals surface area contributed by atoms with Crippen molar-refractivity contribution < 1.29 is 4.79 Å². The number of aromatic nitrogens is 2. The van der Waals surface area contributed by atoms with Crippen molar-refractivity contribution in [2.45, 2.75) is 13.0 Å². The average molecular weight is 277 g/mol.